The van der Waals surface area contributed by atoms with Crippen molar-refractivity contribution in [1.29, 1.82) is 0 Å². The van der Waals surface area contributed by atoms with Crippen LogP contribution in [0.25, 0.3) is 0 Å². The van der Waals surface area contributed by atoms with E-state index in [4.69, 9.17) is 5.11 Å². The van der Waals surface area contributed by atoms with Crippen LogP contribution < -0.4 is 5.32 Å². The Morgan fingerprint density at radius 1 is 1.20 bits per heavy atom. The van der Waals surface area contributed by atoms with Crippen molar-refractivity contribution in [1.82, 2.24) is 5.32 Å². The molecule has 1 aromatic rings. The van der Waals surface area contributed by atoms with E-state index in [0.717, 1.165) is 32.2 Å². The summed E-state index contributed by atoms with van der Waals surface area (Å²) in [5.41, 5.74) is 2.44. The van der Waals surface area contributed by atoms with Crippen molar-refractivity contribution in [2.75, 3.05) is 18.9 Å². The fourth-order valence-electron chi connectivity index (χ4n) is 1.88. The third-order valence-electron chi connectivity index (χ3n) is 3.11. The molecule has 2 N–H and O–H groups in total. The predicted molar refractivity (Wildman–Crippen MR) is 85.2 cm³/mol. The maximum atomic E-state index is 11.7. The van der Waals surface area contributed by atoms with E-state index in [1.54, 1.807) is 11.8 Å². The molecule has 0 atom stereocenters. The third kappa shape index (κ3) is 6.96. The van der Waals surface area contributed by atoms with Gasteiger partial charge in [0, 0.05) is 18.0 Å². The summed E-state index contributed by atoms with van der Waals surface area (Å²) in [6.07, 6.45) is 3.94. The molecule has 0 radical (unpaired) electrons. The molecule has 0 heterocycles. The number of aryl methyl sites for hydroxylation is 2. The Balaban J connectivity index is 2.18. The number of hydrogen-bond donors (Lipinski definition) is 2. The van der Waals surface area contributed by atoms with Gasteiger partial charge in [-0.25, -0.2) is 0 Å². The van der Waals surface area contributed by atoms with Crippen LogP contribution in [0.1, 0.15) is 36.8 Å². The molecule has 1 amide bonds. The normalized spacial score (nSPS) is 10.6. The van der Waals surface area contributed by atoms with E-state index in [0.29, 0.717) is 5.75 Å². The van der Waals surface area contributed by atoms with E-state index in [1.165, 1.54) is 16.0 Å². The van der Waals surface area contributed by atoms with Crippen LogP contribution in [0.15, 0.2) is 23.1 Å². The van der Waals surface area contributed by atoms with Gasteiger partial charge in [0.1, 0.15) is 0 Å². The number of thioether (sulfide) groups is 1. The van der Waals surface area contributed by atoms with E-state index in [2.05, 4.69) is 37.4 Å². The van der Waals surface area contributed by atoms with Gasteiger partial charge in [0.2, 0.25) is 5.91 Å². The molecule has 1 rings (SSSR count). The Morgan fingerprint density at radius 2 is 1.95 bits per heavy atom. The van der Waals surface area contributed by atoms with E-state index in [1.807, 2.05) is 0 Å². The predicted octanol–water partition coefficient (Wildman–Crippen LogP) is 3.06. The van der Waals surface area contributed by atoms with Gasteiger partial charge in [-0.15, -0.1) is 11.8 Å². The van der Waals surface area contributed by atoms with E-state index >= 15 is 0 Å². The topological polar surface area (TPSA) is 49.3 Å². The molecule has 0 aliphatic carbocycles. The standard InChI is InChI=1S/C16H25NO2S/c1-13-7-8-14(2)15(11-13)20-12-16(19)17-9-5-3-4-6-10-18/h7-8,11,18H,3-6,9-10,12H2,1-2H3,(H,17,19). The van der Waals surface area contributed by atoms with Crippen LogP contribution in [0.3, 0.4) is 0 Å². The average Bonchev–Trinajstić information content (AvgIpc) is 2.43. The lowest BCUT2D eigenvalue weighted by Crippen LogP contribution is -2.26. The zero-order chi connectivity index (χ0) is 14.8. The maximum Gasteiger partial charge on any atom is 0.230 e. The molecule has 1 aromatic carbocycles. The van der Waals surface area contributed by atoms with Crippen LogP contribution in [-0.2, 0) is 4.79 Å². The third-order valence-corrected chi connectivity index (χ3v) is 4.27. The van der Waals surface area contributed by atoms with Crippen LogP contribution in [0.2, 0.25) is 0 Å². The summed E-state index contributed by atoms with van der Waals surface area (Å²) in [6.45, 7) is 5.13. The summed E-state index contributed by atoms with van der Waals surface area (Å²) in [5, 5.41) is 11.6. The van der Waals surface area contributed by atoms with Crippen molar-refractivity contribution in [2.24, 2.45) is 0 Å². The summed E-state index contributed by atoms with van der Waals surface area (Å²) < 4.78 is 0. The second kappa shape index (κ2) is 9.83. The first-order valence-corrected chi connectivity index (χ1v) is 8.19. The summed E-state index contributed by atoms with van der Waals surface area (Å²) in [5.74, 6) is 0.569. The first-order valence-electron chi connectivity index (χ1n) is 7.21. The van der Waals surface area contributed by atoms with Crippen LogP contribution in [0.5, 0.6) is 0 Å². The molecule has 20 heavy (non-hydrogen) atoms. The van der Waals surface area contributed by atoms with Crippen molar-refractivity contribution in [2.45, 2.75) is 44.4 Å². The van der Waals surface area contributed by atoms with E-state index < -0.39 is 0 Å². The van der Waals surface area contributed by atoms with Gasteiger partial charge in [0.05, 0.1) is 5.75 Å². The van der Waals surface area contributed by atoms with Gasteiger partial charge in [-0.1, -0.05) is 30.5 Å². The number of aliphatic hydroxyl groups is 1. The van der Waals surface area contributed by atoms with Gasteiger partial charge in [-0.3, -0.25) is 4.79 Å². The molecule has 0 saturated heterocycles. The zero-order valence-corrected chi connectivity index (χ0v) is 13.3. The number of unbranched alkanes of at least 4 members (excludes halogenated alkanes) is 3. The van der Waals surface area contributed by atoms with Crippen LogP contribution in [0, 0.1) is 13.8 Å². The zero-order valence-electron chi connectivity index (χ0n) is 12.4. The molecule has 112 valence electrons. The lowest BCUT2D eigenvalue weighted by molar-refractivity contribution is -0.118. The number of nitrogens with one attached hydrogen (secondary N) is 1. The number of aliphatic hydroxyl groups excluding tert-OH is 1. The number of amides is 1. The first-order chi connectivity index (χ1) is 9.63. The molecule has 0 spiro atoms. The summed E-state index contributed by atoms with van der Waals surface area (Å²) in [7, 11) is 0. The molecular formula is C16H25NO2S. The second-order valence-corrected chi connectivity index (χ2v) is 6.06. The number of benzene rings is 1. The van der Waals surface area contributed by atoms with Gasteiger partial charge in [-0.2, -0.15) is 0 Å². The Hall–Kier alpha value is -1.00. The number of carbonyl (C=O) groups excluding carboxylic acids is 1. The molecule has 0 aliphatic heterocycles. The number of carbonyl (C=O) groups is 1. The monoisotopic (exact) mass is 295 g/mol. The Morgan fingerprint density at radius 3 is 2.70 bits per heavy atom. The van der Waals surface area contributed by atoms with Gasteiger partial charge in [0.25, 0.3) is 0 Å². The van der Waals surface area contributed by atoms with Gasteiger partial charge in [-0.05, 0) is 38.3 Å². The van der Waals surface area contributed by atoms with Crippen LogP contribution >= 0.6 is 11.8 Å². The molecule has 0 aliphatic rings. The minimum Gasteiger partial charge on any atom is -0.396 e. The van der Waals surface area contributed by atoms with E-state index in [9.17, 15) is 4.79 Å². The van der Waals surface area contributed by atoms with E-state index in [-0.39, 0.29) is 12.5 Å². The Labute approximate surface area is 126 Å². The minimum absolute atomic E-state index is 0.0954. The van der Waals surface area contributed by atoms with Crippen molar-refractivity contribution in [3.8, 4) is 0 Å². The fraction of sp³-hybridized carbons (Fsp3) is 0.562. The lowest BCUT2D eigenvalue weighted by atomic mass is 10.2. The van der Waals surface area contributed by atoms with Gasteiger partial charge in [0.15, 0.2) is 0 Å². The van der Waals surface area contributed by atoms with Crippen molar-refractivity contribution in [3.05, 3.63) is 29.3 Å². The SMILES string of the molecule is Cc1ccc(C)c(SCC(=O)NCCCCCCO)c1. The molecule has 0 fully saturated rings. The minimum atomic E-state index is 0.0954. The van der Waals surface area contributed by atoms with Gasteiger partial charge >= 0.3 is 0 Å². The molecule has 0 saturated carbocycles. The summed E-state index contributed by atoms with van der Waals surface area (Å²) >= 11 is 1.60. The highest BCUT2D eigenvalue weighted by atomic mass is 32.2. The molecule has 0 bridgehead atoms. The van der Waals surface area contributed by atoms with Crippen LogP contribution in [-0.4, -0.2) is 29.9 Å². The van der Waals surface area contributed by atoms with Crippen LogP contribution in [0.4, 0.5) is 0 Å². The first kappa shape index (κ1) is 17.1. The molecular weight excluding hydrogens is 270 g/mol. The quantitative estimate of drug-likeness (QED) is 0.544. The van der Waals surface area contributed by atoms with Crippen molar-refractivity contribution in [3.63, 3.8) is 0 Å². The van der Waals surface area contributed by atoms with Crippen molar-refractivity contribution >= 4 is 17.7 Å². The Bertz CT molecular complexity index is 421. The maximum absolute atomic E-state index is 11.7. The Kier molecular flexibility index (Phi) is 8.38. The smallest absolute Gasteiger partial charge is 0.230 e. The number of hydrogen-bond acceptors (Lipinski definition) is 3. The molecule has 0 aromatic heterocycles. The summed E-state index contributed by atoms with van der Waals surface area (Å²) in [4.78, 5) is 12.9. The second-order valence-electron chi connectivity index (χ2n) is 5.05. The highest BCUT2D eigenvalue weighted by Gasteiger charge is 2.04. The summed E-state index contributed by atoms with van der Waals surface area (Å²) in [6, 6.07) is 6.31. The highest BCUT2D eigenvalue weighted by molar-refractivity contribution is 8.00. The largest absolute Gasteiger partial charge is 0.396 e. The molecule has 3 nitrogen and oxygen atoms in total. The molecule has 0 unspecified atom stereocenters. The molecule has 4 heteroatoms. The fourth-order valence-corrected chi connectivity index (χ4v) is 2.83. The van der Waals surface area contributed by atoms with Crippen molar-refractivity contribution < 1.29 is 9.90 Å². The lowest BCUT2D eigenvalue weighted by Gasteiger charge is -2.08. The number of rotatable bonds is 9. The van der Waals surface area contributed by atoms with Gasteiger partial charge < -0.3 is 10.4 Å². The highest BCUT2D eigenvalue weighted by Crippen LogP contribution is 2.23. The average molecular weight is 295 g/mol.